The van der Waals surface area contributed by atoms with Crippen LogP contribution in [0.25, 0.3) is 0 Å². The van der Waals surface area contributed by atoms with E-state index in [2.05, 4.69) is 35.4 Å². The van der Waals surface area contributed by atoms with Crippen molar-refractivity contribution in [2.24, 2.45) is 0 Å². The van der Waals surface area contributed by atoms with Gasteiger partial charge in [0.1, 0.15) is 5.75 Å². The molecule has 0 atom stereocenters. The Morgan fingerprint density at radius 1 is 0.696 bits per heavy atom. The van der Waals surface area contributed by atoms with Crippen LogP contribution in [0.2, 0.25) is 0 Å². The van der Waals surface area contributed by atoms with E-state index in [4.69, 9.17) is 0 Å². The van der Waals surface area contributed by atoms with Crippen molar-refractivity contribution in [2.75, 3.05) is 0 Å². The molecule has 0 amide bonds. The molecule has 0 heterocycles. The maximum Gasteiger partial charge on any atom is 0.435 e. The molecule has 0 saturated carbocycles. The smallest absolute Gasteiger partial charge is 0.355 e. The zero-order valence-corrected chi connectivity index (χ0v) is 13.6. The molecule has 130 valence electrons. The van der Waals surface area contributed by atoms with Gasteiger partial charge >= 0.3 is 10.5 Å². The van der Waals surface area contributed by atoms with E-state index in [0.717, 1.165) is 24.1 Å². The first kappa shape index (κ1) is 19.3. The van der Waals surface area contributed by atoms with Crippen LogP contribution in [-0.2, 0) is 12.8 Å². The maximum absolute atomic E-state index is 11.9. The fourth-order valence-corrected chi connectivity index (χ4v) is 2.15. The van der Waals surface area contributed by atoms with Crippen molar-refractivity contribution in [1.29, 1.82) is 0 Å². The summed E-state index contributed by atoms with van der Waals surface area (Å²) in [7, 11) is -9.82. The van der Waals surface area contributed by atoms with Gasteiger partial charge in [-0.05, 0) is 36.1 Å². The summed E-state index contributed by atoms with van der Waals surface area (Å²) in [5, 5.41) is 0. The van der Waals surface area contributed by atoms with Gasteiger partial charge in [0.05, 0.1) is 0 Å². The van der Waals surface area contributed by atoms with Crippen LogP contribution < -0.4 is 4.18 Å². The summed E-state index contributed by atoms with van der Waals surface area (Å²) in [4.78, 5) is 0. The third-order valence-electron chi connectivity index (χ3n) is 2.84. The number of hydrogen-bond donors (Lipinski definition) is 0. The molecular weight excluding hydrogens is 335 g/mol. The fourth-order valence-electron chi connectivity index (χ4n) is 1.68. The van der Waals surface area contributed by atoms with Gasteiger partial charge in [0, 0.05) is 0 Å². The van der Waals surface area contributed by atoms with Crippen molar-refractivity contribution in [3.8, 4) is 5.75 Å². The van der Waals surface area contributed by atoms with Gasteiger partial charge in [0.2, 0.25) is 0 Å². The molecule has 0 aliphatic heterocycles. The van der Waals surface area contributed by atoms with Gasteiger partial charge in [-0.15, -0.1) is 0 Å². The molecular formula is C16H19F5OS. The molecule has 2 aromatic rings. The first-order valence-electron chi connectivity index (χ1n) is 7.00. The van der Waals surface area contributed by atoms with Crippen molar-refractivity contribution in [1.82, 2.24) is 0 Å². The van der Waals surface area contributed by atoms with Crippen LogP contribution >= 0.6 is 10.5 Å². The lowest BCUT2D eigenvalue weighted by Crippen LogP contribution is -2.13. The summed E-state index contributed by atoms with van der Waals surface area (Å²) in [6.45, 7) is 3.95. The highest BCUT2D eigenvalue weighted by molar-refractivity contribution is 8.42. The Balaban J connectivity index is 0.000000277. The minimum absolute atomic E-state index is 0.608. The zero-order chi connectivity index (χ0) is 17.6. The van der Waals surface area contributed by atoms with E-state index in [-0.39, 0.29) is 0 Å². The number of rotatable bonds is 4. The molecule has 0 unspecified atom stereocenters. The second-order valence-corrected chi connectivity index (χ2v) is 6.78. The molecule has 1 nitrogen and oxygen atoms in total. The first-order valence-corrected chi connectivity index (χ1v) is 8.87. The van der Waals surface area contributed by atoms with Gasteiger partial charge in [-0.2, -0.15) is 0 Å². The topological polar surface area (TPSA) is 9.23 Å². The molecule has 0 aliphatic rings. The van der Waals surface area contributed by atoms with E-state index >= 15 is 0 Å². The van der Waals surface area contributed by atoms with Crippen LogP contribution in [0.1, 0.15) is 25.0 Å². The van der Waals surface area contributed by atoms with Crippen LogP contribution in [0, 0.1) is 0 Å². The molecule has 0 aromatic heterocycles. The summed E-state index contributed by atoms with van der Waals surface area (Å²) in [6, 6.07) is 14.8. The van der Waals surface area contributed by atoms with Crippen LogP contribution in [-0.4, -0.2) is 0 Å². The Bertz CT molecular complexity index is 608. The Morgan fingerprint density at radius 3 is 1.48 bits per heavy atom. The summed E-state index contributed by atoms with van der Waals surface area (Å²) < 4.78 is 62.2. The summed E-state index contributed by atoms with van der Waals surface area (Å²) in [6.07, 6.45) is 1.75. The van der Waals surface area contributed by atoms with Crippen molar-refractivity contribution < 1.29 is 23.6 Å². The largest absolute Gasteiger partial charge is 0.435 e. The van der Waals surface area contributed by atoms with Crippen LogP contribution in [0.15, 0.2) is 54.6 Å². The minimum Gasteiger partial charge on any atom is -0.355 e. The standard InChI is InChI=1S/C8H9F5OS.C8H10/c1-2-7-3-5-8(6-4-7)14-15(9,10,11,12)13;1-2-8-6-4-3-5-7-8/h3-6H,2H2,1H3;3-7H,2H2,1H3. The predicted molar refractivity (Wildman–Crippen MR) is 85.4 cm³/mol. The summed E-state index contributed by atoms with van der Waals surface area (Å²) >= 11 is 0. The van der Waals surface area contributed by atoms with Gasteiger partial charge in [-0.3, -0.25) is 0 Å². The summed E-state index contributed by atoms with van der Waals surface area (Å²) in [5.74, 6) is -0.897. The van der Waals surface area contributed by atoms with Crippen molar-refractivity contribution in [2.45, 2.75) is 26.7 Å². The first-order chi connectivity index (χ1) is 10.4. The minimum atomic E-state index is -9.82. The van der Waals surface area contributed by atoms with E-state index < -0.39 is 16.3 Å². The van der Waals surface area contributed by atoms with E-state index in [1.165, 1.54) is 17.7 Å². The number of hydrogen-bond acceptors (Lipinski definition) is 1. The fraction of sp³-hybridized carbons (Fsp3) is 0.250. The Kier molecular flexibility index (Phi) is 5.36. The quantitative estimate of drug-likeness (QED) is 0.533. The highest BCUT2D eigenvalue weighted by atomic mass is 32.5. The monoisotopic (exact) mass is 354 g/mol. The van der Waals surface area contributed by atoms with Crippen LogP contribution in [0.4, 0.5) is 19.4 Å². The third kappa shape index (κ3) is 9.07. The lowest BCUT2D eigenvalue weighted by molar-refractivity contribution is 0.243. The van der Waals surface area contributed by atoms with Gasteiger partial charge in [0.15, 0.2) is 0 Å². The zero-order valence-electron chi connectivity index (χ0n) is 12.8. The molecule has 0 fully saturated rings. The highest BCUT2D eigenvalue weighted by Crippen LogP contribution is 2.97. The molecule has 0 spiro atoms. The lowest BCUT2D eigenvalue weighted by Gasteiger charge is -2.39. The Hall–Kier alpha value is -1.76. The highest BCUT2D eigenvalue weighted by Gasteiger charge is 2.67. The Labute approximate surface area is 133 Å². The molecule has 0 N–H and O–H groups in total. The van der Waals surface area contributed by atoms with E-state index in [9.17, 15) is 19.4 Å². The molecule has 23 heavy (non-hydrogen) atoms. The Morgan fingerprint density at radius 2 is 1.13 bits per heavy atom. The third-order valence-corrected chi connectivity index (χ3v) is 3.34. The van der Waals surface area contributed by atoms with Crippen LogP contribution in [0.5, 0.6) is 5.75 Å². The molecule has 0 aliphatic carbocycles. The normalized spacial score (nSPS) is 14.0. The molecule has 2 rings (SSSR count). The maximum atomic E-state index is 11.9. The van der Waals surface area contributed by atoms with Crippen molar-refractivity contribution in [3.63, 3.8) is 0 Å². The number of aryl methyl sites for hydroxylation is 2. The number of benzene rings is 2. The second-order valence-electron chi connectivity index (χ2n) is 4.82. The number of halogens is 5. The second kappa shape index (κ2) is 6.39. The average molecular weight is 354 g/mol. The average Bonchev–Trinajstić information content (AvgIpc) is 2.46. The van der Waals surface area contributed by atoms with Crippen LogP contribution in [0.3, 0.4) is 0 Å². The summed E-state index contributed by atoms with van der Waals surface area (Å²) in [5.41, 5.74) is 2.15. The predicted octanol–water partition coefficient (Wildman–Crippen LogP) is 7.09. The molecule has 0 bridgehead atoms. The lowest BCUT2D eigenvalue weighted by atomic mass is 10.2. The van der Waals surface area contributed by atoms with Gasteiger partial charge in [0.25, 0.3) is 0 Å². The van der Waals surface area contributed by atoms with Crippen molar-refractivity contribution >= 4 is 10.5 Å². The van der Waals surface area contributed by atoms with E-state index in [0.29, 0.717) is 6.42 Å². The van der Waals surface area contributed by atoms with E-state index in [1.54, 1.807) is 6.92 Å². The van der Waals surface area contributed by atoms with Gasteiger partial charge in [-0.25, -0.2) is 0 Å². The van der Waals surface area contributed by atoms with Crippen molar-refractivity contribution in [3.05, 3.63) is 65.7 Å². The van der Waals surface area contributed by atoms with Gasteiger partial charge in [-0.1, -0.05) is 75.7 Å². The molecule has 7 heteroatoms. The molecule has 0 radical (unpaired) electrons. The SMILES string of the molecule is CCc1ccc(OS(F)(F)(F)(F)F)cc1.CCc1ccccc1. The van der Waals surface area contributed by atoms with E-state index in [1.807, 2.05) is 6.07 Å². The van der Waals surface area contributed by atoms with Gasteiger partial charge < -0.3 is 4.18 Å². The molecule has 0 saturated heterocycles. The molecule has 2 aromatic carbocycles.